The van der Waals surface area contributed by atoms with Crippen molar-refractivity contribution in [2.45, 2.75) is 51.9 Å². The number of rotatable bonds is 8. The molecule has 1 aromatic heterocycles. The van der Waals surface area contributed by atoms with Crippen LogP contribution in [0.3, 0.4) is 0 Å². The number of benzene rings is 2. The van der Waals surface area contributed by atoms with E-state index in [2.05, 4.69) is 65.5 Å². The summed E-state index contributed by atoms with van der Waals surface area (Å²) in [6, 6.07) is 17.6. The maximum Gasteiger partial charge on any atom is 0.141 e. The van der Waals surface area contributed by atoms with Crippen LogP contribution >= 0.6 is 0 Å². The first-order chi connectivity index (χ1) is 15.0. The normalized spacial score (nSPS) is 14.3. The summed E-state index contributed by atoms with van der Waals surface area (Å²) in [6.07, 6.45) is 3.91. The number of nitrogens with zero attached hydrogens (tertiary/aromatic N) is 3. The highest BCUT2D eigenvalue weighted by Gasteiger charge is 2.44. The van der Waals surface area contributed by atoms with Gasteiger partial charge >= 0.3 is 0 Å². The maximum atomic E-state index is 9.53. The SMILES string of the molecule is Cc1ccc(-c2c(C)noc2C)cc1N(CCCCN)c1ccc(C2(C#N)CC2)cc1. The molecule has 0 aliphatic heterocycles. The van der Waals surface area contributed by atoms with Crippen LogP contribution in [0.5, 0.6) is 0 Å². The Hall–Kier alpha value is -3.10. The zero-order chi connectivity index (χ0) is 22.0. The Morgan fingerprint density at radius 3 is 2.42 bits per heavy atom. The minimum atomic E-state index is -0.262. The second kappa shape index (κ2) is 8.56. The van der Waals surface area contributed by atoms with Crippen molar-refractivity contribution in [3.63, 3.8) is 0 Å². The zero-order valence-corrected chi connectivity index (χ0v) is 18.6. The molecule has 1 aliphatic rings. The van der Waals surface area contributed by atoms with Crippen molar-refractivity contribution < 1.29 is 4.52 Å². The van der Waals surface area contributed by atoms with Gasteiger partial charge in [0.25, 0.3) is 0 Å². The first-order valence-corrected chi connectivity index (χ1v) is 11.0. The Balaban J connectivity index is 1.73. The molecule has 1 aliphatic carbocycles. The quantitative estimate of drug-likeness (QED) is 0.478. The Labute approximate surface area is 184 Å². The van der Waals surface area contributed by atoms with Crippen molar-refractivity contribution in [2.24, 2.45) is 5.73 Å². The maximum absolute atomic E-state index is 9.53. The van der Waals surface area contributed by atoms with Gasteiger partial charge in [0.2, 0.25) is 0 Å². The molecule has 1 saturated carbocycles. The fourth-order valence-corrected chi connectivity index (χ4v) is 4.30. The topological polar surface area (TPSA) is 79.1 Å². The van der Waals surface area contributed by atoms with E-state index in [1.165, 1.54) is 11.3 Å². The highest BCUT2D eigenvalue weighted by Crippen LogP contribution is 2.48. The van der Waals surface area contributed by atoms with E-state index in [4.69, 9.17) is 10.3 Å². The molecule has 2 N–H and O–H groups in total. The lowest BCUT2D eigenvalue weighted by atomic mass is 9.97. The summed E-state index contributed by atoms with van der Waals surface area (Å²) in [5.74, 6) is 0.831. The van der Waals surface area contributed by atoms with Gasteiger partial charge in [-0.25, -0.2) is 0 Å². The van der Waals surface area contributed by atoms with E-state index < -0.39 is 0 Å². The Bertz CT molecular complexity index is 1080. The second-order valence-electron chi connectivity index (χ2n) is 8.59. The van der Waals surface area contributed by atoms with Crippen LogP contribution in [0.15, 0.2) is 47.0 Å². The third kappa shape index (κ3) is 4.08. The van der Waals surface area contributed by atoms with E-state index >= 15 is 0 Å². The molecule has 0 unspecified atom stereocenters. The lowest BCUT2D eigenvalue weighted by Crippen LogP contribution is -2.20. The van der Waals surface area contributed by atoms with Crippen LogP contribution in [0.25, 0.3) is 11.1 Å². The summed E-state index contributed by atoms with van der Waals surface area (Å²) in [4.78, 5) is 2.36. The standard InChI is InChI=1S/C26H30N4O/c1-18-6-7-21(25-19(2)29-31-20(25)3)16-24(18)30(15-5-4-14-27)23-10-8-22(9-11-23)26(17-28)12-13-26/h6-11,16H,4-5,12-15,27H2,1-3H3. The third-order valence-electron chi connectivity index (χ3n) is 6.35. The summed E-state index contributed by atoms with van der Waals surface area (Å²) in [5, 5.41) is 13.7. The predicted molar refractivity (Wildman–Crippen MR) is 124 cm³/mol. The average Bonchev–Trinajstić information content (AvgIpc) is 3.51. The third-order valence-corrected chi connectivity index (χ3v) is 6.35. The molecular formula is C26H30N4O. The molecule has 4 rings (SSSR count). The van der Waals surface area contributed by atoms with Crippen molar-refractivity contribution in [2.75, 3.05) is 18.0 Å². The number of unbranched alkanes of at least 4 members (excludes halogenated alkanes) is 1. The molecule has 1 fully saturated rings. The number of hydrogen-bond acceptors (Lipinski definition) is 5. The molecule has 0 amide bonds. The van der Waals surface area contributed by atoms with Crippen molar-refractivity contribution in [3.05, 3.63) is 65.0 Å². The second-order valence-corrected chi connectivity index (χ2v) is 8.59. The fourth-order valence-electron chi connectivity index (χ4n) is 4.30. The summed E-state index contributed by atoms with van der Waals surface area (Å²) >= 11 is 0. The van der Waals surface area contributed by atoms with Gasteiger partial charge in [-0.2, -0.15) is 5.26 Å². The molecule has 31 heavy (non-hydrogen) atoms. The highest BCUT2D eigenvalue weighted by molar-refractivity contribution is 5.76. The molecule has 0 atom stereocenters. The lowest BCUT2D eigenvalue weighted by molar-refractivity contribution is 0.393. The van der Waals surface area contributed by atoms with Crippen LogP contribution in [-0.4, -0.2) is 18.2 Å². The number of nitriles is 1. The van der Waals surface area contributed by atoms with Crippen LogP contribution < -0.4 is 10.6 Å². The van der Waals surface area contributed by atoms with Gasteiger partial charge in [0.1, 0.15) is 5.76 Å². The summed E-state index contributed by atoms with van der Waals surface area (Å²) in [5.41, 5.74) is 13.2. The van der Waals surface area contributed by atoms with Crippen LogP contribution in [0.1, 0.15) is 48.3 Å². The van der Waals surface area contributed by atoms with Crippen LogP contribution in [-0.2, 0) is 5.41 Å². The monoisotopic (exact) mass is 414 g/mol. The lowest BCUT2D eigenvalue weighted by Gasteiger charge is -2.28. The summed E-state index contributed by atoms with van der Waals surface area (Å²) < 4.78 is 5.40. The van der Waals surface area contributed by atoms with Crippen LogP contribution in [0.4, 0.5) is 11.4 Å². The molecule has 2 aromatic carbocycles. The van der Waals surface area contributed by atoms with E-state index in [1.54, 1.807) is 0 Å². The van der Waals surface area contributed by atoms with Crippen LogP contribution in [0.2, 0.25) is 0 Å². The Morgan fingerprint density at radius 2 is 1.84 bits per heavy atom. The number of nitrogens with two attached hydrogens (primary N) is 1. The van der Waals surface area contributed by atoms with Gasteiger partial charge in [-0.1, -0.05) is 29.4 Å². The number of aryl methyl sites for hydroxylation is 3. The summed E-state index contributed by atoms with van der Waals surface area (Å²) in [7, 11) is 0. The minimum absolute atomic E-state index is 0.262. The molecule has 0 spiro atoms. The van der Waals surface area contributed by atoms with Gasteiger partial charge in [-0.05, 0) is 87.9 Å². The zero-order valence-electron chi connectivity index (χ0n) is 18.6. The van der Waals surface area contributed by atoms with E-state index in [0.29, 0.717) is 6.54 Å². The van der Waals surface area contributed by atoms with Crippen molar-refractivity contribution in [1.29, 1.82) is 5.26 Å². The van der Waals surface area contributed by atoms with E-state index in [0.717, 1.165) is 66.1 Å². The van der Waals surface area contributed by atoms with E-state index in [9.17, 15) is 5.26 Å². The number of aromatic nitrogens is 1. The first kappa shape index (κ1) is 21.1. The molecule has 5 nitrogen and oxygen atoms in total. The molecular weight excluding hydrogens is 384 g/mol. The van der Waals surface area contributed by atoms with Crippen molar-refractivity contribution >= 4 is 11.4 Å². The molecule has 0 bridgehead atoms. The number of anilines is 2. The highest BCUT2D eigenvalue weighted by atomic mass is 16.5. The van der Waals surface area contributed by atoms with Crippen molar-refractivity contribution in [3.8, 4) is 17.2 Å². The molecule has 3 aromatic rings. The van der Waals surface area contributed by atoms with Gasteiger partial charge < -0.3 is 15.2 Å². The summed E-state index contributed by atoms with van der Waals surface area (Å²) in [6.45, 7) is 7.65. The predicted octanol–water partition coefficient (Wildman–Crippen LogP) is 5.70. The van der Waals surface area contributed by atoms with Gasteiger partial charge in [0.15, 0.2) is 0 Å². The Morgan fingerprint density at radius 1 is 1.10 bits per heavy atom. The Kier molecular flexibility index (Phi) is 5.84. The first-order valence-electron chi connectivity index (χ1n) is 11.0. The van der Waals surface area contributed by atoms with Gasteiger partial charge in [0, 0.05) is 23.5 Å². The smallest absolute Gasteiger partial charge is 0.141 e. The number of hydrogen-bond donors (Lipinski definition) is 1. The van der Waals surface area contributed by atoms with Crippen molar-refractivity contribution in [1.82, 2.24) is 5.16 Å². The average molecular weight is 415 g/mol. The van der Waals surface area contributed by atoms with E-state index in [-0.39, 0.29) is 5.41 Å². The van der Waals surface area contributed by atoms with E-state index in [1.807, 2.05) is 13.8 Å². The molecule has 0 radical (unpaired) electrons. The molecule has 0 saturated heterocycles. The van der Waals surface area contributed by atoms with Crippen LogP contribution in [0, 0.1) is 32.1 Å². The van der Waals surface area contributed by atoms with Gasteiger partial charge in [-0.15, -0.1) is 0 Å². The molecule has 5 heteroatoms. The fraction of sp³-hybridized carbons (Fsp3) is 0.385. The molecule has 1 heterocycles. The molecule has 160 valence electrons. The van der Waals surface area contributed by atoms with Gasteiger partial charge in [-0.3, -0.25) is 0 Å². The van der Waals surface area contributed by atoms with Gasteiger partial charge in [0.05, 0.1) is 17.2 Å². The largest absolute Gasteiger partial charge is 0.361 e. The minimum Gasteiger partial charge on any atom is -0.361 e.